The molecule has 1 aromatic rings. The van der Waals surface area contributed by atoms with Crippen molar-refractivity contribution in [2.24, 2.45) is 0 Å². The smallest absolute Gasteiger partial charge is 0.253 e. The van der Waals surface area contributed by atoms with Gasteiger partial charge < -0.3 is 5.11 Å². The van der Waals surface area contributed by atoms with Gasteiger partial charge in [0.05, 0.1) is 0 Å². The van der Waals surface area contributed by atoms with Crippen LogP contribution in [0.15, 0.2) is 30.3 Å². The summed E-state index contributed by atoms with van der Waals surface area (Å²) in [6, 6.07) is 8.90. The van der Waals surface area contributed by atoms with E-state index < -0.39 is 0 Å². The first-order valence-electron chi connectivity index (χ1n) is 2.81. The molecule has 0 aliphatic heterocycles. The highest BCUT2D eigenvalue weighted by Crippen LogP contribution is 1.93. The molecule has 0 radical (unpaired) electrons. The second-order valence-corrected chi connectivity index (χ2v) is 1.47. The van der Waals surface area contributed by atoms with Crippen molar-refractivity contribution >= 4 is 5.69 Å². The summed E-state index contributed by atoms with van der Waals surface area (Å²) in [7, 11) is 1.00. The lowest BCUT2D eigenvalue weighted by atomic mass is 10.3. The summed E-state index contributed by atoms with van der Waals surface area (Å²) in [6.45, 7) is 0. The van der Waals surface area contributed by atoms with Crippen molar-refractivity contribution in [1.29, 1.82) is 0 Å². The third kappa shape index (κ3) is 2.94. The van der Waals surface area contributed by atoms with E-state index in [9.17, 15) is 4.91 Å². The Morgan fingerprint density at radius 1 is 1.20 bits per heavy atom. The molecule has 0 aromatic heterocycles. The highest BCUT2D eigenvalue weighted by molar-refractivity contribution is 5.26. The summed E-state index contributed by atoms with van der Waals surface area (Å²) in [5.74, 6) is 0. The normalized spacial score (nSPS) is 7.40. The molecule has 0 bridgehead atoms. The maximum absolute atomic E-state index is 9.88. The average Bonchev–Trinajstić information content (AvgIpc) is 2.10. The lowest BCUT2D eigenvalue weighted by Crippen LogP contribution is -2.55. The van der Waals surface area contributed by atoms with Gasteiger partial charge in [0.15, 0.2) is 0 Å². The Bertz CT molecular complexity index is 174. The Kier molecular flexibility index (Phi) is 5.19. The number of rotatable bonds is 1. The Labute approximate surface area is 59.3 Å². The van der Waals surface area contributed by atoms with Crippen molar-refractivity contribution in [2.45, 2.75) is 0 Å². The van der Waals surface area contributed by atoms with Gasteiger partial charge in [-0.05, 0) is 0 Å². The molecule has 0 fully saturated rings. The molecule has 54 valence electrons. The van der Waals surface area contributed by atoms with Crippen LogP contribution in [0.1, 0.15) is 0 Å². The van der Waals surface area contributed by atoms with E-state index in [0.29, 0.717) is 5.69 Å². The predicted molar refractivity (Wildman–Crippen MR) is 38.6 cm³/mol. The van der Waals surface area contributed by atoms with Gasteiger partial charge in [-0.3, -0.25) is 0 Å². The van der Waals surface area contributed by atoms with Crippen molar-refractivity contribution < 1.29 is 10.3 Å². The van der Waals surface area contributed by atoms with Crippen LogP contribution in [-0.2, 0) is 0 Å². The van der Waals surface area contributed by atoms with Crippen LogP contribution in [0.4, 0.5) is 5.69 Å². The molecule has 0 atom stereocenters. The van der Waals surface area contributed by atoms with Crippen molar-refractivity contribution in [2.75, 3.05) is 7.11 Å². The Balaban J connectivity index is 0.000000371. The van der Waals surface area contributed by atoms with E-state index in [1.165, 1.54) is 0 Å². The molecule has 0 heterocycles. The van der Waals surface area contributed by atoms with Gasteiger partial charge in [-0.25, -0.2) is 0 Å². The minimum atomic E-state index is 0.604. The maximum Gasteiger partial charge on any atom is 0.253 e. The number of aliphatic hydroxyl groups is 1. The number of aliphatic hydroxyl groups excluding tert-OH is 1. The molecule has 0 unspecified atom stereocenters. The average molecular weight is 140 g/mol. The first kappa shape index (κ1) is 8.78. The summed E-state index contributed by atoms with van der Waals surface area (Å²) in [5.41, 5.74) is 0.604. The van der Waals surface area contributed by atoms with Gasteiger partial charge >= 0.3 is 0 Å². The van der Waals surface area contributed by atoms with E-state index in [4.69, 9.17) is 5.11 Å². The molecule has 1 aromatic carbocycles. The molecular formula is C7H10NO2+. The molecule has 0 spiro atoms. The topological polar surface area (TPSA) is 51.3 Å². The zero-order chi connectivity index (χ0) is 7.82. The molecule has 10 heavy (non-hydrogen) atoms. The van der Waals surface area contributed by atoms with Crippen LogP contribution in [0.5, 0.6) is 0 Å². The fourth-order valence-electron chi connectivity index (χ4n) is 0.506. The highest BCUT2D eigenvalue weighted by Gasteiger charge is 1.88. The van der Waals surface area contributed by atoms with Gasteiger partial charge in [0.25, 0.3) is 5.69 Å². The minimum Gasteiger partial charge on any atom is -0.400 e. The van der Waals surface area contributed by atoms with Crippen LogP contribution in [0.25, 0.3) is 0 Å². The molecule has 3 nitrogen and oxygen atoms in total. The van der Waals surface area contributed by atoms with Gasteiger partial charge in [-0.2, -0.15) is 0 Å². The van der Waals surface area contributed by atoms with Gasteiger partial charge in [-0.1, -0.05) is 18.2 Å². The molecule has 2 N–H and O–H groups in total. The standard InChI is InChI=1S/C6H5NO.CH4O/c8-7-6-4-2-1-3-5-6;1-2/h1-5H;2H,1H3/p+1. The van der Waals surface area contributed by atoms with Crippen LogP contribution in [0, 0.1) is 4.91 Å². The summed E-state index contributed by atoms with van der Waals surface area (Å²) in [5, 5.41) is 8.78. The maximum atomic E-state index is 9.88. The molecular weight excluding hydrogens is 130 g/mol. The largest absolute Gasteiger partial charge is 0.400 e. The number of benzene rings is 1. The van der Waals surface area contributed by atoms with E-state index in [-0.39, 0.29) is 0 Å². The Morgan fingerprint density at radius 2 is 1.70 bits per heavy atom. The Hall–Kier alpha value is -1.22. The molecule has 3 heteroatoms. The monoisotopic (exact) mass is 140 g/mol. The molecule has 0 aliphatic rings. The molecule has 1 rings (SSSR count). The number of hydrogen-bond acceptors (Lipinski definition) is 2. The third-order valence-corrected chi connectivity index (χ3v) is 0.892. The zero-order valence-electron chi connectivity index (χ0n) is 5.74. The third-order valence-electron chi connectivity index (χ3n) is 0.892. The summed E-state index contributed by atoms with van der Waals surface area (Å²) in [4.78, 5) is 9.88. The van der Waals surface area contributed by atoms with Gasteiger partial charge in [0.1, 0.15) is 0 Å². The number of hydrogen-bond donors (Lipinski definition) is 2. The lowest BCUT2D eigenvalue weighted by Gasteiger charge is -1.74. The van der Waals surface area contributed by atoms with Crippen LogP contribution in [-0.4, -0.2) is 12.2 Å². The van der Waals surface area contributed by atoms with E-state index in [1.54, 1.807) is 29.4 Å². The SMILES string of the molecule is CO.O=[NH+]c1ccccc1. The predicted octanol–water partition coefficient (Wildman–Crippen LogP) is -0.226. The Morgan fingerprint density at radius 3 is 2.00 bits per heavy atom. The summed E-state index contributed by atoms with van der Waals surface area (Å²) < 4.78 is 0. The second kappa shape index (κ2) is 5.91. The van der Waals surface area contributed by atoms with Gasteiger partial charge in [-0.15, -0.1) is 0 Å². The molecule has 0 saturated carbocycles. The fourth-order valence-corrected chi connectivity index (χ4v) is 0.506. The molecule has 0 saturated heterocycles. The van der Waals surface area contributed by atoms with Crippen LogP contribution in [0.2, 0.25) is 0 Å². The highest BCUT2D eigenvalue weighted by atomic mass is 16.3. The number of para-hydroxylation sites is 1. The second-order valence-electron chi connectivity index (χ2n) is 1.47. The van der Waals surface area contributed by atoms with Gasteiger partial charge in [0.2, 0.25) is 0 Å². The first-order chi connectivity index (χ1) is 4.93. The number of nitrogens with one attached hydrogen (secondary N) is 1. The molecule has 0 aliphatic carbocycles. The van der Waals surface area contributed by atoms with E-state index >= 15 is 0 Å². The van der Waals surface area contributed by atoms with Crippen molar-refractivity contribution in [1.82, 2.24) is 0 Å². The molecule has 0 amide bonds. The van der Waals surface area contributed by atoms with E-state index in [2.05, 4.69) is 0 Å². The van der Waals surface area contributed by atoms with Crippen molar-refractivity contribution in [3.8, 4) is 0 Å². The summed E-state index contributed by atoms with van der Waals surface area (Å²) >= 11 is 0. The van der Waals surface area contributed by atoms with Crippen LogP contribution >= 0.6 is 0 Å². The first-order valence-corrected chi connectivity index (χ1v) is 2.81. The van der Waals surface area contributed by atoms with E-state index in [0.717, 1.165) is 7.11 Å². The van der Waals surface area contributed by atoms with Crippen LogP contribution < -0.4 is 5.18 Å². The van der Waals surface area contributed by atoms with Crippen molar-refractivity contribution in [3.05, 3.63) is 35.2 Å². The summed E-state index contributed by atoms with van der Waals surface area (Å²) in [6.07, 6.45) is 0. The van der Waals surface area contributed by atoms with Crippen LogP contribution in [0.3, 0.4) is 0 Å². The van der Waals surface area contributed by atoms with Gasteiger partial charge in [0, 0.05) is 29.3 Å². The van der Waals surface area contributed by atoms with E-state index in [1.807, 2.05) is 6.07 Å². The minimum absolute atomic E-state index is 0.604. The quantitative estimate of drug-likeness (QED) is 0.566. The fraction of sp³-hybridized carbons (Fsp3) is 0.143. The van der Waals surface area contributed by atoms with Crippen molar-refractivity contribution in [3.63, 3.8) is 0 Å². The zero-order valence-corrected chi connectivity index (χ0v) is 5.74. The number of nitroso groups, excluding NO2 is 1. The lowest BCUT2D eigenvalue weighted by molar-refractivity contribution is -0.379.